The van der Waals surface area contributed by atoms with Gasteiger partial charge in [-0.15, -0.1) is 0 Å². The molecule has 0 aliphatic rings. The first-order chi connectivity index (χ1) is 8.13. The molecule has 1 aromatic carbocycles. The van der Waals surface area contributed by atoms with Crippen molar-refractivity contribution in [1.29, 1.82) is 0 Å². The van der Waals surface area contributed by atoms with E-state index in [1.54, 1.807) is 25.3 Å². The Balaban J connectivity index is 2.38. The molecule has 0 fully saturated rings. The quantitative estimate of drug-likeness (QED) is 0.636. The third-order valence-electron chi connectivity index (χ3n) is 2.28. The number of carbonyl (C=O) groups is 1. The summed E-state index contributed by atoms with van der Waals surface area (Å²) in [5, 5.41) is 15.4. The molecule has 0 spiro atoms. The minimum absolute atomic E-state index is 0.0453. The van der Waals surface area contributed by atoms with E-state index in [0.29, 0.717) is 25.4 Å². The number of phenols is 1. The van der Waals surface area contributed by atoms with Gasteiger partial charge in [0.1, 0.15) is 11.5 Å². The second-order valence-corrected chi connectivity index (χ2v) is 3.65. The Morgan fingerprint density at radius 2 is 2.18 bits per heavy atom. The molecule has 0 radical (unpaired) electrons. The van der Waals surface area contributed by atoms with E-state index in [1.165, 1.54) is 6.92 Å². The molecule has 0 unspecified atom stereocenters. The summed E-state index contributed by atoms with van der Waals surface area (Å²) in [5.41, 5.74) is 0.771. The number of aromatic hydroxyl groups is 1. The molecule has 0 aliphatic heterocycles. The van der Waals surface area contributed by atoms with Gasteiger partial charge in [0.2, 0.25) is 5.91 Å². The first-order valence-corrected chi connectivity index (χ1v) is 5.44. The van der Waals surface area contributed by atoms with Crippen LogP contribution in [0.2, 0.25) is 0 Å². The van der Waals surface area contributed by atoms with Crippen molar-refractivity contribution in [3.63, 3.8) is 0 Å². The Kier molecular flexibility index (Phi) is 5.29. The highest BCUT2D eigenvalue weighted by atomic mass is 16.5. The third kappa shape index (κ3) is 4.74. The van der Waals surface area contributed by atoms with Crippen LogP contribution >= 0.6 is 0 Å². The van der Waals surface area contributed by atoms with E-state index in [9.17, 15) is 9.90 Å². The van der Waals surface area contributed by atoms with Gasteiger partial charge in [-0.3, -0.25) is 4.79 Å². The molecular weight excluding hydrogens is 220 g/mol. The monoisotopic (exact) mass is 238 g/mol. The molecule has 0 aliphatic carbocycles. The van der Waals surface area contributed by atoms with Crippen LogP contribution in [0, 0.1) is 0 Å². The van der Waals surface area contributed by atoms with Crippen molar-refractivity contribution in [2.45, 2.75) is 13.5 Å². The number of phenolic OH excluding ortho intramolecular Hbond substituents is 1. The maximum absolute atomic E-state index is 10.6. The number of hydrogen-bond acceptors (Lipinski definition) is 4. The largest absolute Gasteiger partial charge is 0.508 e. The van der Waals surface area contributed by atoms with Crippen molar-refractivity contribution < 1.29 is 14.6 Å². The first kappa shape index (κ1) is 13.3. The smallest absolute Gasteiger partial charge is 0.216 e. The van der Waals surface area contributed by atoms with Crippen LogP contribution in [0.25, 0.3) is 0 Å². The van der Waals surface area contributed by atoms with Crippen molar-refractivity contribution in [2.75, 3.05) is 20.2 Å². The summed E-state index contributed by atoms with van der Waals surface area (Å²) in [6.07, 6.45) is 0. The fourth-order valence-corrected chi connectivity index (χ4v) is 1.38. The zero-order valence-corrected chi connectivity index (χ0v) is 10.1. The van der Waals surface area contributed by atoms with Crippen LogP contribution in [0.5, 0.6) is 11.5 Å². The average Bonchev–Trinajstić information content (AvgIpc) is 2.30. The molecule has 0 atom stereocenters. The number of hydrogen-bond donors (Lipinski definition) is 3. The van der Waals surface area contributed by atoms with Gasteiger partial charge < -0.3 is 20.5 Å². The highest BCUT2D eigenvalue weighted by molar-refractivity contribution is 5.72. The molecule has 0 bridgehead atoms. The molecule has 1 aromatic rings. The van der Waals surface area contributed by atoms with E-state index in [4.69, 9.17) is 4.74 Å². The van der Waals surface area contributed by atoms with Gasteiger partial charge >= 0.3 is 0 Å². The van der Waals surface area contributed by atoms with Crippen LogP contribution in [0.4, 0.5) is 0 Å². The van der Waals surface area contributed by atoms with Crippen LogP contribution in [0.3, 0.4) is 0 Å². The van der Waals surface area contributed by atoms with Gasteiger partial charge in [0.05, 0.1) is 7.11 Å². The lowest BCUT2D eigenvalue weighted by atomic mass is 10.2. The average molecular weight is 238 g/mol. The molecule has 1 amide bonds. The lowest BCUT2D eigenvalue weighted by Crippen LogP contribution is -2.29. The number of amides is 1. The Morgan fingerprint density at radius 1 is 1.41 bits per heavy atom. The third-order valence-corrected chi connectivity index (χ3v) is 2.28. The number of benzene rings is 1. The van der Waals surface area contributed by atoms with E-state index in [0.717, 1.165) is 5.56 Å². The lowest BCUT2D eigenvalue weighted by molar-refractivity contribution is -0.118. The number of nitrogens with one attached hydrogen (secondary N) is 2. The summed E-state index contributed by atoms with van der Waals surface area (Å²) in [6.45, 7) is 3.23. The van der Waals surface area contributed by atoms with E-state index >= 15 is 0 Å². The normalized spacial score (nSPS) is 10.0. The molecular formula is C12H18N2O3. The van der Waals surface area contributed by atoms with Gasteiger partial charge in [0.25, 0.3) is 0 Å². The number of rotatable bonds is 6. The van der Waals surface area contributed by atoms with Gasteiger partial charge in [-0.05, 0) is 18.2 Å². The molecule has 0 heterocycles. The zero-order valence-electron chi connectivity index (χ0n) is 10.1. The van der Waals surface area contributed by atoms with Crippen LogP contribution < -0.4 is 15.4 Å². The van der Waals surface area contributed by atoms with Crippen LogP contribution in [0.1, 0.15) is 12.5 Å². The summed E-state index contributed by atoms with van der Waals surface area (Å²) in [6, 6.07) is 5.08. The fraction of sp³-hybridized carbons (Fsp3) is 0.417. The SMILES string of the molecule is COc1ccc(O)c(CNCCNC(C)=O)c1. The summed E-state index contributed by atoms with van der Waals surface area (Å²) < 4.78 is 5.07. The summed E-state index contributed by atoms with van der Waals surface area (Å²) in [4.78, 5) is 10.6. The Morgan fingerprint density at radius 3 is 2.82 bits per heavy atom. The number of methoxy groups -OCH3 is 1. The van der Waals surface area contributed by atoms with Gasteiger partial charge in [0.15, 0.2) is 0 Å². The van der Waals surface area contributed by atoms with Crippen LogP contribution in [-0.2, 0) is 11.3 Å². The zero-order chi connectivity index (χ0) is 12.7. The molecule has 94 valence electrons. The molecule has 5 nitrogen and oxygen atoms in total. The maximum atomic E-state index is 10.6. The second kappa shape index (κ2) is 6.75. The topological polar surface area (TPSA) is 70.6 Å². The predicted octanol–water partition coefficient (Wildman–Crippen LogP) is 0.626. The molecule has 1 rings (SSSR count). The summed E-state index contributed by atoms with van der Waals surface area (Å²) in [5.74, 6) is 0.898. The van der Waals surface area contributed by atoms with E-state index < -0.39 is 0 Å². The van der Waals surface area contributed by atoms with Gasteiger partial charge in [-0.2, -0.15) is 0 Å². The molecule has 5 heteroatoms. The second-order valence-electron chi connectivity index (χ2n) is 3.65. The predicted molar refractivity (Wildman–Crippen MR) is 65.0 cm³/mol. The molecule has 3 N–H and O–H groups in total. The van der Waals surface area contributed by atoms with Crippen molar-refractivity contribution in [3.8, 4) is 11.5 Å². The highest BCUT2D eigenvalue weighted by Gasteiger charge is 2.02. The Bertz CT molecular complexity index is 380. The molecule has 0 aromatic heterocycles. The molecule has 17 heavy (non-hydrogen) atoms. The molecule has 0 saturated carbocycles. The number of carbonyl (C=O) groups excluding carboxylic acids is 1. The summed E-state index contributed by atoms with van der Waals surface area (Å²) in [7, 11) is 1.58. The minimum atomic E-state index is -0.0453. The maximum Gasteiger partial charge on any atom is 0.216 e. The van der Waals surface area contributed by atoms with E-state index in [-0.39, 0.29) is 11.7 Å². The summed E-state index contributed by atoms with van der Waals surface area (Å²) >= 11 is 0. The standard InChI is InChI=1S/C12H18N2O3/c1-9(15)14-6-5-13-8-10-7-11(17-2)3-4-12(10)16/h3-4,7,13,16H,5-6,8H2,1-2H3,(H,14,15). The van der Waals surface area contributed by atoms with Crippen LogP contribution in [-0.4, -0.2) is 31.2 Å². The van der Waals surface area contributed by atoms with Crippen molar-refractivity contribution in [1.82, 2.24) is 10.6 Å². The Labute approximate surface area is 101 Å². The highest BCUT2D eigenvalue weighted by Crippen LogP contribution is 2.22. The lowest BCUT2D eigenvalue weighted by Gasteiger charge is -2.09. The number of ether oxygens (including phenoxy) is 1. The first-order valence-electron chi connectivity index (χ1n) is 5.44. The van der Waals surface area contributed by atoms with Crippen molar-refractivity contribution >= 4 is 5.91 Å². The van der Waals surface area contributed by atoms with Crippen molar-refractivity contribution in [3.05, 3.63) is 23.8 Å². The fourth-order valence-electron chi connectivity index (χ4n) is 1.38. The molecule has 0 saturated heterocycles. The van der Waals surface area contributed by atoms with Crippen LogP contribution in [0.15, 0.2) is 18.2 Å². The van der Waals surface area contributed by atoms with E-state index in [1.807, 2.05) is 0 Å². The van der Waals surface area contributed by atoms with Gasteiger partial charge in [-0.25, -0.2) is 0 Å². The Hall–Kier alpha value is -1.75. The van der Waals surface area contributed by atoms with Gasteiger partial charge in [0, 0.05) is 32.1 Å². The van der Waals surface area contributed by atoms with E-state index in [2.05, 4.69) is 10.6 Å². The minimum Gasteiger partial charge on any atom is -0.508 e. The van der Waals surface area contributed by atoms with Crippen molar-refractivity contribution in [2.24, 2.45) is 0 Å². The van der Waals surface area contributed by atoms with Gasteiger partial charge in [-0.1, -0.05) is 0 Å².